The molecule has 0 aromatic heterocycles. The molecule has 0 spiro atoms. The Morgan fingerprint density at radius 2 is 1.92 bits per heavy atom. The highest BCUT2D eigenvalue weighted by Gasteiger charge is 2.42. The first-order chi connectivity index (χ1) is 11.6. The molecule has 0 bridgehead atoms. The molecule has 2 atom stereocenters. The van der Waals surface area contributed by atoms with E-state index < -0.39 is 0 Å². The minimum absolute atomic E-state index is 0.0280. The molecule has 2 unspecified atom stereocenters. The zero-order valence-corrected chi connectivity index (χ0v) is 13.4. The molecule has 2 fully saturated rings. The smallest absolute Gasteiger partial charge is 0.252 e. The fraction of sp³-hybridized carbons (Fsp3) is 0.333. The van der Waals surface area contributed by atoms with Crippen LogP contribution < -0.4 is 5.48 Å². The second-order valence-corrected chi connectivity index (χ2v) is 6.27. The number of rotatable bonds is 2. The summed E-state index contributed by atoms with van der Waals surface area (Å²) in [5.74, 6) is -0.188. The number of hydroxylamine groups is 1. The molecule has 2 aromatic carbocycles. The highest BCUT2D eigenvalue weighted by atomic mass is 16.7. The number of benzene rings is 2. The molecule has 124 valence electrons. The van der Waals surface area contributed by atoms with E-state index in [4.69, 9.17) is 4.84 Å². The summed E-state index contributed by atoms with van der Waals surface area (Å²) >= 11 is 0. The lowest BCUT2D eigenvalue weighted by Gasteiger charge is -2.47. The summed E-state index contributed by atoms with van der Waals surface area (Å²) in [5.41, 5.74) is 3.99. The largest absolute Gasteiger partial charge is 0.331 e. The number of hydrogen-bond donors (Lipinski definition) is 1. The van der Waals surface area contributed by atoms with Gasteiger partial charge in [0.25, 0.3) is 5.91 Å². The molecule has 6 nitrogen and oxygen atoms in total. The quantitative estimate of drug-likeness (QED) is 0.903. The van der Waals surface area contributed by atoms with E-state index >= 15 is 0 Å². The van der Waals surface area contributed by atoms with Crippen LogP contribution in [0.4, 0.5) is 0 Å². The predicted octanol–water partition coefficient (Wildman–Crippen LogP) is 1.26. The van der Waals surface area contributed by atoms with Crippen molar-refractivity contribution in [3.05, 3.63) is 48.0 Å². The van der Waals surface area contributed by atoms with Crippen molar-refractivity contribution in [2.75, 3.05) is 13.2 Å². The van der Waals surface area contributed by atoms with Crippen LogP contribution in [0.15, 0.2) is 42.5 Å². The first-order valence-corrected chi connectivity index (χ1v) is 8.08. The minimum Gasteiger partial charge on any atom is -0.331 e. The Balaban J connectivity index is 1.64. The number of piperazine rings is 1. The number of carbonyl (C=O) groups is 2. The van der Waals surface area contributed by atoms with Crippen molar-refractivity contribution in [1.82, 2.24) is 15.3 Å². The Hall–Kier alpha value is -2.44. The second-order valence-electron chi connectivity index (χ2n) is 6.27. The molecule has 2 aromatic rings. The van der Waals surface area contributed by atoms with E-state index in [1.807, 2.05) is 36.1 Å². The molecule has 2 heterocycles. The molecule has 4 rings (SSSR count). The van der Waals surface area contributed by atoms with Gasteiger partial charge in [0.05, 0.1) is 6.04 Å². The maximum absolute atomic E-state index is 12.6. The Bertz CT molecular complexity index is 802. The molecular formula is C18H19N3O3. The van der Waals surface area contributed by atoms with Crippen LogP contribution in [0.5, 0.6) is 0 Å². The fourth-order valence-electron chi connectivity index (χ4n) is 3.52. The molecule has 2 amide bonds. The van der Waals surface area contributed by atoms with Crippen LogP contribution in [0.1, 0.15) is 12.5 Å². The Morgan fingerprint density at radius 1 is 1.12 bits per heavy atom. The van der Waals surface area contributed by atoms with Gasteiger partial charge >= 0.3 is 0 Å². The van der Waals surface area contributed by atoms with Crippen molar-refractivity contribution in [2.45, 2.75) is 25.7 Å². The van der Waals surface area contributed by atoms with Gasteiger partial charge in [0, 0.05) is 6.54 Å². The normalized spacial score (nSPS) is 24.4. The van der Waals surface area contributed by atoms with Gasteiger partial charge in [0.15, 0.2) is 0 Å². The Kier molecular flexibility index (Phi) is 3.70. The summed E-state index contributed by atoms with van der Waals surface area (Å²) in [4.78, 5) is 33.1. The maximum Gasteiger partial charge on any atom is 0.252 e. The predicted molar refractivity (Wildman–Crippen MR) is 88.5 cm³/mol. The number of nitrogens with one attached hydrogen (secondary N) is 1. The molecule has 6 heteroatoms. The van der Waals surface area contributed by atoms with Crippen LogP contribution in [0, 0.1) is 0 Å². The Labute approximate surface area is 139 Å². The first kappa shape index (κ1) is 15.1. The molecular weight excluding hydrogens is 306 g/mol. The van der Waals surface area contributed by atoms with Gasteiger partial charge < -0.3 is 9.80 Å². The third-order valence-corrected chi connectivity index (χ3v) is 4.85. The Morgan fingerprint density at radius 3 is 2.79 bits per heavy atom. The van der Waals surface area contributed by atoms with E-state index in [0.717, 1.165) is 16.3 Å². The zero-order chi connectivity index (χ0) is 16.7. The minimum atomic E-state index is -0.307. The van der Waals surface area contributed by atoms with Gasteiger partial charge in [-0.1, -0.05) is 42.5 Å². The van der Waals surface area contributed by atoms with Crippen molar-refractivity contribution in [3.8, 4) is 0 Å². The summed E-state index contributed by atoms with van der Waals surface area (Å²) in [5, 5.41) is 2.30. The number of nitrogens with zero attached hydrogens (tertiary/aromatic N) is 2. The lowest BCUT2D eigenvalue weighted by Crippen LogP contribution is -2.69. The molecule has 2 saturated heterocycles. The number of carbonyl (C=O) groups excluding carboxylic acids is 2. The van der Waals surface area contributed by atoms with Crippen LogP contribution in [0.2, 0.25) is 0 Å². The average molecular weight is 325 g/mol. The summed E-state index contributed by atoms with van der Waals surface area (Å²) in [6.07, 6.45) is -0.307. The second kappa shape index (κ2) is 5.89. The van der Waals surface area contributed by atoms with Crippen molar-refractivity contribution in [3.63, 3.8) is 0 Å². The molecule has 2 aliphatic rings. The van der Waals surface area contributed by atoms with Crippen molar-refractivity contribution < 1.29 is 14.4 Å². The summed E-state index contributed by atoms with van der Waals surface area (Å²) in [7, 11) is 0. The van der Waals surface area contributed by atoms with Gasteiger partial charge in [0.2, 0.25) is 5.91 Å². The monoisotopic (exact) mass is 325 g/mol. The van der Waals surface area contributed by atoms with E-state index in [1.54, 1.807) is 4.90 Å². The number of fused-ring (bicyclic) bond motifs is 2. The van der Waals surface area contributed by atoms with Crippen molar-refractivity contribution in [1.29, 1.82) is 0 Å². The van der Waals surface area contributed by atoms with Crippen molar-refractivity contribution in [2.24, 2.45) is 0 Å². The zero-order valence-electron chi connectivity index (χ0n) is 13.4. The molecule has 0 radical (unpaired) electrons. The highest BCUT2D eigenvalue weighted by molar-refractivity contribution is 5.89. The third kappa shape index (κ3) is 2.44. The van der Waals surface area contributed by atoms with Crippen LogP contribution >= 0.6 is 0 Å². The van der Waals surface area contributed by atoms with E-state index in [1.165, 1.54) is 0 Å². The first-order valence-electron chi connectivity index (χ1n) is 8.08. The summed E-state index contributed by atoms with van der Waals surface area (Å²) < 4.78 is 0. The number of hydrogen-bond acceptors (Lipinski definition) is 4. The van der Waals surface area contributed by atoms with Gasteiger partial charge in [0.1, 0.15) is 19.3 Å². The molecule has 2 aliphatic heterocycles. The van der Waals surface area contributed by atoms with Crippen molar-refractivity contribution >= 4 is 22.6 Å². The molecule has 0 aliphatic carbocycles. The van der Waals surface area contributed by atoms with Gasteiger partial charge in [-0.25, -0.2) is 0 Å². The van der Waals surface area contributed by atoms with Crippen LogP contribution in [-0.4, -0.2) is 47.0 Å². The van der Waals surface area contributed by atoms with E-state index in [0.29, 0.717) is 6.54 Å². The van der Waals surface area contributed by atoms with E-state index in [9.17, 15) is 9.59 Å². The standard InChI is InChI=1S/C18H19N3O3/c1-12-18-19-24-11-17(23)21(18)10-16(22)20(12)9-14-7-4-6-13-5-2-3-8-15(13)14/h2-8,12,18-19H,9-11H2,1H3. The van der Waals surface area contributed by atoms with E-state index in [2.05, 4.69) is 23.7 Å². The van der Waals surface area contributed by atoms with Crippen LogP contribution in [0.25, 0.3) is 10.8 Å². The van der Waals surface area contributed by atoms with Gasteiger partial charge in [-0.15, -0.1) is 0 Å². The summed E-state index contributed by atoms with van der Waals surface area (Å²) in [6, 6.07) is 14.1. The fourth-order valence-corrected chi connectivity index (χ4v) is 3.52. The average Bonchev–Trinajstić information content (AvgIpc) is 2.60. The van der Waals surface area contributed by atoms with Crippen LogP contribution in [0.3, 0.4) is 0 Å². The maximum atomic E-state index is 12.6. The molecule has 24 heavy (non-hydrogen) atoms. The molecule has 0 saturated carbocycles. The van der Waals surface area contributed by atoms with Gasteiger partial charge in [-0.2, -0.15) is 5.48 Å². The highest BCUT2D eigenvalue weighted by Crippen LogP contribution is 2.25. The lowest BCUT2D eigenvalue weighted by molar-refractivity contribution is -0.181. The molecule has 1 N–H and O–H groups in total. The van der Waals surface area contributed by atoms with Gasteiger partial charge in [-0.05, 0) is 23.3 Å². The SMILES string of the molecule is CC1C2NOCC(=O)N2CC(=O)N1Cc1cccc2ccccc12. The number of amides is 2. The van der Waals surface area contributed by atoms with Crippen LogP contribution in [-0.2, 0) is 21.0 Å². The van der Waals surface area contributed by atoms with Gasteiger partial charge in [-0.3, -0.25) is 14.4 Å². The van der Waals surface area contributed by atoms with E-state index in [-0.39, 0.29) is 37.2 Å². The third-order valence-electron chi connectivity index (χ3n) is 4.85. The lowest BCUT2D eigenvalue weighted by atomic mass is 10.0. The topological polar surface area (TPSA) is 61.9 Å². The summed E-state index contributed by atoms with van der Waals surface area (Å²) in [6.45, 7) is 2.52.